The highest BCUT2D eigenvalue weighted by Gasteiger charge is 2.13. The van der Waals surface area contributed by atoms with Crippen LogP contribution in [-0.2, 0) is 4.74 Å². The van der Waals surface area contributed by atoms with Gasteiger partial charge in [-0.1, -0.05) is 37.6 Å². The molecule has 0 spiro atoms. The number of benzene rings is 2. The molecule has 120 valence electrons. The van der Waals surface area contributed by atoms with Crippen molar-refractivity contribution in [3.8, 4) is 5.75 Å². The Labute approximate surface area is 140 Å². The van der Waals surface area contributed by atoms with Gasteiger partial charge in [0.15, 0.2) is 0 Å². The Morgan fingerprint density at radius 2 is 1.65 bits per heavy atom. The third-order valence-corrected chi connectivity index (χ3v) is 3.27. The van der Waals surface area contributed by atoms with Gasteiger partial charge in [0.2, 0.25) is 0 Å². The number of halogens is 1. The molecule has 0 saturated heterocycles. The summed E-state index contributed by atoms with van der Waals surface area (Å²) in [5.41, 5.74) is 0.692. The Morgan fingerprint density at radius 1 is 1.00 bits per heavy atom. The fourth-order valence-electron chi connectivity index (χ4n) is 1.77. The van der Waals surface area contributed by atoms with Gasteiger partial charge in [-0.15, -0.1) is 0 Å². The fraction of sp³-hybridized carbons (Fsp3) is 0.222. The van der Waals surface area contributed by atoms with E-state index in [4.69, 9.17) is 21.1 Å². The first-order chi connectivity index (χ1) is 11.0. The number of rotatable bonds is 5. The zero-order valence-corrected chi connectivity index (χ0v) is 13.7. The predicted molar refractivity (Wildman–Crippen MR) is 88.0 cm³/mol. The zero-order chi connectivity index (χ0) is 16.8. The molecule has 0 heterocycles. The van der Waals surface area contributed by atoms with E-state index in [0.29, 0.717) is 22.9 Å². The Balaban J connectivity index is 2.01. The van der Waals surface area contributed by atoms with E-state index in [9.17, 15) is 9.59 Å². The largest absolute Gasteiger partial charge is 0.462 e. The van der Waals surface area contributed by atoms with E-state index < -0.39 is 11.9 Å². The van der Waals surface area contributed by atoms with E-state index in [-0.39, 0.29) is 11.5 Å². The molecule has 0 N–H and O–H groups in total. The number of hydrogen-bond donors (Lipinski definition) is 0. The van der Waals surface area contributed by atoms with Crippen LogP contribution in [0.5, 0.6) is 5.75 Å². The van der Waals surface area contributed by atoms with Crippen LogP contribution in [-0.4, -0.2) is 18.5 Å². The molecule has 2 aromatic carbocycles. The summed E-state index contributed by atoms with van der Waals surface area (Å²) < 4.78 is 10.4. The lowest BCUT2D eigenvalue weighted by molar-refractivity contribution is 0.0459. The lowest BCUT2D eigenvalue weighted by Gasteiger charge is -2.08. The molecule has 4 nitrogen and oxygen atoms in total. The van der Waals surface area contributed by atoms with Gasteiger partial charge in [0.05, 0.1) is 22.8 Å². The molecule has 23 heavy (non-hydrogen) atoms. The van der Waals surface area contributed by atoms with Crippen molar-refractivity contribution in [1.82, 2.24) is 0 Å². The molecule has 0 aliphatic rings. The molecule has 0 bridgehead atoms. The second-order valence-electron chi connectivity index (χ2n) is 5.39. The minimum absolute atomic E-state index is 0.273. The Kier molecular flexibility index (Phi) is 5.77. The summed E-state index contributed by atoms with van der Waals surface area (Å²) in [4.78, 5) is 23.8. The zero-order valence-electron chi connectivity index (χ0n) is 12.9. The van der Waals surface area contributed by atoms with Crippen LogP contribution in [0.3, 0.4) is 0 Å². The molecule has 0 aliphatic heterocycles. The average Bonchev–Trinajstić information content (AvgIpc) is 2.53. The van der Waals surface area contributed by atoms with Crippen molar-refractivity contribution in [3.63, 3.8) is 0 Å². The molecule has 0 saturated carbocycles. The summed E-state index contributed by atoms with van der Waals surface area (Å²) in [6.07, 6.45) is 0. The van der Waals surface area contributed by atoms with Gasteiger partial charge < -0.3 is 9.47 Å². The monoisotopic (exact) mass is 332 g/mol. The van der Waals surface area contributed by atoms with E-state index >= 15 is 0 Å². The quantitative estimate of drug-likeness (QED) is 0.602. The molecule has 0 fully saturated rings. The number of carbonyl (C=O) groups excluding carboxylic acids is 2. The maximum Gasteiger partial charge on any atom is 0.345 e. The van der Waals surface area contributed by atoms with Crippen LogP contribution in [0.1, 0.15) is 34.6 Å². The highest BCUT2D eigenvalue weighted by Crippen LogP contribution is 2.19. The normalized spacial score (nSPS) is 10.4. The molecule has 0 atom stereocenters. The van der Waals surface area contributed by atoms with E-state index in [0.717, 1.165) is 0 Å². The maximum atomic E-state index is 12.0. The van der Waals surface area contributed by atoms with Gasteiger partial charge in [-0.05, 0) is 42.3 Å². The highest BCUT2D eigenvalue weighted by atomic mass is 35.5. The smallest absolute Gasteiger partial charge is 0.345 e. The average molecular weight is 333 g/mol. The van der Waals surface area contributed by atoms with Crippen LogP contribution in [0, 0.1) is 5.92 Å². The van der Waals surface area contributed by atoms with Crippen LogP contribution in [0.25, 0.3) is 0 Å². The van der Waals surface area contributed by atoms with Crippen molar-refractivity contribution in [1.29, 1.82) is 0 Å². The molecule has 0 aromatic heterocycles. The third kappa shape index (κ3) is 4.83. The molecule has 0 amide bonds. The summed E-state index contributed by atoms with van der Waals surface area (Å²) in [5, 5.41) is 0.325. The standard InChI is InChI=1S/C18H17ClO4/c1-12(2)11-22-17(20)13-7-9-14(10-8-13)23-18(21)15-5-3-4-6-16(15)19/h3-10,12H,11H2,1-2H3. The number of esters is 2. The van der Waals surface area contributed by atoms with Crippen molar-refractivity contribution < 1.29 is 19.1 Å². The predicted octanol–water partition coefficient (Wildman–Crippen LogP) is 4.37. The van der Waals surface area contributed by atoms with Gasteiger partial charge in [-0.3, -0.25) is 0 Å². The lowest BCUT2D eigenvalue weighted by atomic mass is 10.2. The maximum absolute atomic E-state index is 12.0. The highest BCUT2D eigenvalue weighted by molar-refractivity contribution is 6.33. The lowest BCUT2D eigenvalue weighted by Crippen LogP contribution is -2.11. The second kappa shape index (κ2) is 7.79. The molecule has 5 heteroatoms. The third-order valence-electron chi connectivity index (χ3n) is 2.94. The van der Waals surface area contributed by atoms with Crippen molar-refractivity contribution in [2.45, 2.75) is 13.8 Å². The molecular weight excluding hydrogens is 316 g/mol. The molecule has 0 aliphatic carbocycles. The minimum Gasteiger partial charge on any atom is -0.462 e. The minimum atomic E-state index is -0.550. The Morgan fingerprint density at radius 3 is 2.26 bits per heavy atom. The number of ether oxygens (including phenoxy) is 2. The Hall–Kier alpha value is -2.33. The van der Waals surface area contributed by atoms with Gasteiger partial charge >= 0.3 is 11.9 Å². The summed E-state index contributed by atoms with van der Waals surface area (Å²) in [5.74, 6) is -0.349. The van der Waals surface area contributed by atoms with Gasteiger partial charge in [0, 0.05) is 0 Å². The number of carbonyl (C=O) groups is 2. The van der Waals surface area contributed by atoms with Gasteiger partial charge in [0.25, 0.3) is 0 Å². The molecule has 2 aromatic rings. The van der Waals surface area contributed by atoms with Gasteiger partial charge in [-0.2, -0.15) is 0 Å². The molecule has 0 radical (unpaired) electrons. The Bertz CT molecular complexity index is 692. The second-order valence-corrected chi connectivity index (χ2v) is 5.79. The molecule has 2 rings (SSSR count). The topological polar surface area (TPSA) is 52.6 Å². The van der Waals surface area contributed by atoms with Crippen LogP contribution >= 0.6 is 11.6 Å². The first-order valence-electron chi connectivity index (χ1n) is 7.21. The van der Waals surface area contributed by atoms with Crippen LogP contribution in [0.2, 0.25) is 5.02 Å². The van der Waals surface area contributed by atoms with Gasteiger partial charge in [0.1, 0.15) is 5.75 Å². The SMILES string of the molecule is CC(C)COC(=O)c1ccc(OC(=O)c2ccccc2Cl)cc1. The van der Waals surface area contributed by atoms with Crippen molar-refractivity contribution >= 4 is 23.5 Å². The van der Waals surface area contributed by atoms with Crippen molar-refractivity contribution in [3.05, 3.63) is 64.7 Å². The number of hydrogen-bond acceptors (Lipinski definition) is 4. The fourth-order valence-corrected chi connectivity index (χ4v) is 1.99. The summed E-state index contributed by atoms with van der Waals surface area (Å²) >= 11 is 5.95. The summed E-state index contributed by atoms with van der Waals surface area (Å²) in [7, 11) is 0. The van der Waals surface area contributed by atoms with Gasteiger partial charge in [-0.25, -0.2) is 9.59 Å². The summed E-state index contributed by atoms with van der Waals surface area (Å²) in [6.45, 7) is 4.29. The van der Waals surface area contributed by atoms with Crippen molar-refractivity contribution in [2.24, 2.45) is 5.92 Å². The van der Waals surface area contributed by atoms with E-state index in [1.165, 1.54) is 0 Å². The molecule has 0 unspecified atom stereocenters. The van der Waals surface area contributed by atoms with Crippen LogP contribution < -0.4 is 4.74 Å². The molecular formula is C18H17ClO4. The van der Waals surface area contributed by atoms with E-state index in [2.05, 4.69) is 0 Å². The van der Waals surface area contributed by atoms with Crippen molar-refractivity contribution in [2.75, 3.05) is 6.61 Å². The van der Waals surface area contributed by atoms with Crippen LogP contribution in [0.15, 0.2) is 48.5 Å². The van der Waals surface area contributed by atoms with E-state index in [1.54, 1.807) is 48.5 Å². The first kappa shape index (κ1) is 17.0. The first-order valence-corrected chi connectivity index (χ1v) is 7.59. The van der Waals surface area contributed by atoms with Crippen LogP contribution in [0.4, 0.5) is 0 Å². The summed E-state index contributed by atoms with van der Waals surface area (Å²) in [6, 6.07) is 12.8. The van der Waals surface area contributed by atoms with E-state index in [1.807, 2.05) is 13.8 Å².